The normalized spacial score (nSPS) is 15.2. The molecule has 1 fully saturated rings. The molecule has 7 heteroatoms. The van der Waals surface area contributed by atoms with E-state index in [9.17, 15) is 19.7 Å². The fourth-order valence-corrected chi connectivity index (χ4v) is 2.49. The first kappa shape index (κ1) is 12.6. The van der Waals surface area contributed by atoms with Gasteiger partial charge in [0.1, 0.15) is 0 Å². The molecule has 0 atom stereocenters. The Hall–Kier alpha value is -1.89. The van der Waals surface area contributed by atoms with E-state index in [-0.39, 0.29) is 30.3 Å². The molecule has 1 saturated heterocycles. The number of imide groups is 1. The summed E-state index contributed by atoms with van der Waals surface area (Å²) in [7, 11) is 0. The first-order chi connectivity index (χ1) is 8.58. The van der Waals surface area contributed by atoms with Crippen LogP contribution in [0.15, 0.2) is 24.3 Å². The second-order valence-corrected chi connectivity index (χ2v) is 4.69. The van der Waals surface area contributed by atoms with Crippen molar-refractivity contribution in [1.29, 1.82) is 0 Å². The summed E-state index contributed by atoms with van der Waals surface area (Å²) in [6.45, 7) is 0. The molecule has 94 valence electrons. The predicted octanol–water partition coefficient (Wildman–Crippen LogP) is 1.89. The van der Waals surface area contributed by atoms with Crippen LogP contribution >= 0.6 is 11.9 Å². The minimum atomic E-state index is -0.468. The minimum absolute atomic E-state index is 0.0251. The number of carbonyl (C=O) groups excluding carboxylic acids is 2. The van der Waals surface area contributed by atoms with Gasteiger partial charge in [0.25, 0.3) is 5.69 Å². The zero-order valence-electron chi connectivity index (χ0n) is 9.37. The first-order valence-corrected chi connectivity index (χ1v) is 6.24. The zero-order valence-corrected chi connectivity index (χ0v) is 10.2. The van der Waals surface area contributed by atoms with E-state index < -0.39 is 4.92 Å². The summed E-state index contributed by atoms with van der Waals surface area (Å²) in [4.78, 5) is 32.7. The molecular formula is C11H10N2O4S. The fourth-order valence-electron chi connectivity index (χ4n) is 1.55. The molecule has 0 bridgehead atoms. The van der Waals surface area contributed by atoms with E-state index in [1.165, 1.54) is 16.4 Å². The number of hydrogen-bond acceptors (Lipinski definition) is 5. The number of carbonyl (C=O) groups is 2. The number of rotatable bonds is 4. The molecule has 18 heavy (non-hydrogen) atoms. The molecule has 1 aromatic carbocycles. The standard InChI is InChI=1S/C11H10N2O4S/c14-10-5-6-11(15)12(10)18-7-8-1-3-9(4-2-8)13(16)17/h1-4H,5-7H2. The minimum Gasteiger partial charge on any atom is -0.273 e. The molecule has 0 N–H and O–H groups in total. The van der Waals surface area contributed by atoms with Gasteiger partial charge in [0, 0.05) is 30.7 Å². The van der Waals surface area contributed by atoms with Gasteiger partial charge in [-0.2, -0.15) is 0 Å². The Labute approximate surface area is 107 Å². The third-order valence-corrected chi connectivity index (χ3v) is 3.64. The van der Waals surface area contributed by atoms with Crippen molar-refractivity contribution in [3.05, 3.63) is 39.9 Å². The number of hydrogen-bond donors (Lipinski definition) is 0. The second kappa shape index (κ2) is 5.18. The van der Waals surface area contributed by atoms with Crippen molar-refractivity contribution in [3.8, 4) is 0 Å². The molecule has 1 heterocycles. The van der Waals surface area contributed by atoms with E-state index in [1.807, 2.05) is 0 Å². The zero-order chi connectivity index (χ0) is 13.1. The molecule has 0 unspecified atom stereocenters. The van der Waals surface area contributed by atoms with Gasteiger partial charge in [-0.1, -0.05) is 12.1 Å². The van der Waals surface area contributed by atoms with Gasteiger partial charge in [-0.25, -0.2) is 4.31 Å². The summed E-state index contributed by atoms with van der Waals surface area (Å²) in [5, 5.41) is 10.5. The van der Waals surface area contributed by atoms with Crippen molar-refractivity contribution in [1.82, 2.24) is 4.31 Å². The lowest BCUT2D eigenvalue weighted by Gasteiger charge is -2.11. The smallest absolute Gasteiger partial charge is 0.269 e. The van der Waals surface area contributed by atoms with E-state index in [1.54, 1.807) is 12.1 Å². The molecule has 2 rings (SSSR count). The van der Waals surface area contributed by atoms with Gasteiger partial charge in [-0.3, -0.25) is 19.7 Å². The van der Waals surface area contributed by atoms with Crippen LogP contribution in [0.4, 0.5) is 5.69 Å². The van der Waals surface area contributed by atoms with E-state index in [4.69, 9.17) is 0 Å². The molecule has 1 aliphatic heterocycles. The van der Waals surface area contributed by atoms with Gasteiger partial charge in [0.2, 0.25) is 11.8 Å². The third-order valence-electron chi connectivity index (χ3n) is 2.51. The largest absolute Gasteiger partial charge is 0.273 e. The molecule has 0 aromatic heterocycles. The van der Waals surface area contributed by atoms with E-state index in [0.29, 0.717) is 5.75 Å². The molecule has 1 aromatic rings. The third kappa shape index (κ3) is 2.67. The second-order valence-electron chi connectivity index (χ2n) is 3.78. The lowest BCUT2D eigenvalue weighted by atomic mass is 10.2. The highest BCUT2D eigenvalue weighted by Crippen LogP contribution is 2.25. The Morgan fingerprint density at radius 2 is 1.72 bits per heavy atom. The Bertz CT molecular complexity index is 484. The molecule has 0 saturated carbocycles. The maximum absolute atomic E-state index is 11.3. The molecule has 2 amide bonds. The number of amides is 2. The van der Waals surface area contributed by atoms with Gasteiger partial charge in [0.15, 0.2) is 0 Å². The maximum Gasteiger partial charge on any atom is 0.269 e. The summed E-state index contributed by atoms with van der Waals surface area (Å²) >= 11 is 1.13. The van der Waals surface area contributed by atoms with Gasteiger partial charge >= 0.3 is 0 Å². The van der Waals surface area contributed by atoms with Crippen molar-refractivity contribution in [2.24, 2.45) is 0 Å². The molecule has 0 radical (unpaired) electrons. The van der Waals surface area contributed by atoms with Gasteiger partial charge in [-0.15, -0.1) is 0 Å². The van der Waals surface area contributed by atoms with Crippen LogP contribution in [0.5, 0.6) is 0 Å². The summed E-state index contributed by atoms with van der Waals surface area (Å²) in [6.07, 6.45) is 0.540. The number of nitrogens with zero attached hydrogens (tertiary/aromatic N) is 2. The van der Waals surface area contributed by atoms with Crippen LogP contribution in [0.25, 0.3) is 0 Å². The summed E-state index contributed by atoms with van der Waals surface area (Å²) < 4.78 is 1.17. The Morgan fingerprint density at radius 3 is 2.22 bits per heavy atom. The van der Waals surface area contributed by atoms with Gasteiger partial charge < -0.3 is 0 Å². The number of non-ortho nitro benzene ring substituents is 1. The lowest BCUT2D eigenvalue weighted by Crippen LogP contribution is -2.21. The fraction of sp³-hybridized carbons (Fsp3) is 0.273. The van der Waals surface area contributed by atoms with Crippen molar-refractivity contribution in [3.63, 3.8) is 0 Å². The Morgan fingerprint density at radius 1 is 1.17 bits per heavy atom. The maximum atomic E-state index is 11.3. The van der Waals surface area contributed by atoms with Crippen molar-refractivity contribution in [2.75, 3.05) is 0 Å². The van der Waals surface area contributed by atoms with Gasteiger partial charge in [-0.05, 0) is 17.5 Å². The average molecular weight is 266 g/mol. The molecule has 0 spiro atoms. The van der Waals surface area contributed by atoms with Crippen LogP contribution in [-0.4, -0.2) is 21.0 Å². The van der Waals surface area contributed by atoms with Crippen molar-refractivity contribution >= 4 is 29.4 Å². The van der Waals surface area contributed by atoms with Crippen LogP contribution < -0.4 is 0 Å². The number of nitro benzene ring substituents is 1. The molecule has 0 aliphatic carbocycles. The molecular weight excluding hydrogens is 256 g/mol. The van der Waals surface area contributed by atoms with E-state index in [0.717, 1.165) is 17.5 Å². The molecule has 1 aliphatic rings. The number of benzene rings is 1. The van der Waals surface area contributed by atoms with E-state index in [2.05, 4.69) is 0 Å². The summed E-state index contributed by atoms with van der Waals surface area (Å²) in [5.41, 5.74) is 0.857. The van der Waals surface area contributed by atoms with Crippen molar-refractivity contribution in [2.45, 2.75) is 18.6 Å². The van der Waals surface area contributed by atoms with Crippen molar-refractivity contribution < 1.29 is 14.5 Å². The lowest BCUT2D eigenvalue weighted by molar-refractivity contribution is -0.384. The van der Waals surface area contributed by atoms with E-state index >= 15 is 0 Å². The highest BCUT2D eigenvalue weighted by molar-refractivity contribution is 7.97. The first-order valence-electron chi connectivity index (χ1n) is 5.30. The summed E-state index contributed by atoms with van der Waals surface area (Å²) in [6, 6.07) is 6.05. The van der Waals surface area contributed by atoms with Crippen LogP contribution in [0, 0.1) is 10.1 Å². The van der Waals surface area contributed by atoms with Gasteiger partial charge in [0.05, 0.1) is 4.92 Å². The Kier molecular flexibility index (Phi) is 3.61. The predicted molar refractivity (Wildman–Crippen MR) is 65.5 cm³/mol. The SMILES string of the molecule is O=C1CCC(=O)N1SCc1ccc([N+](=O)[O-])cc1. The van der Waals surface area contributed by atoms with Crippen LogP contribution in [0.2, 0.25) is 0 Å². The quantitative estimate of drug-likeness (QED) is 0.360. The Balaban J connectivity index is 1.96. The molecule has 6 nitrogen and oxygen atoms in total. The summed E-state index contributed by atoms with van der Waals surface area (Å²) in [5.74, 6) is 0.0916. The van der Waals surface area contributed by atoms with Crippen LogP contribution in [-0.2, 0) is 15.3 Å². The average Bonchev–Trinajstić information content (AvgIpc) is 2.67. The topological polar surface area (TPSA) is 80.5 Å². The van der Waals surface area contributed by atoms with Crippen LogP contribution in [0.3, 0.4) is 0 Å². The highest BCUT2D eigenvalue weighted by Gasteiger charge is 2.29. The number of nitro groups is 1. The van der Waals surface area contributed by atoms with Crippen LogP contribution in [0.1, 0.15) is 18.4 Å². The monoisotopic (exact) mass is 266 g/mol. The highest BCUT2D eigenvalue weighted by atomic mass is 32.2.